The topological polar surface area (TPSA) is 20.2 Å². The molecular weight excluding hydrogens is 172 g/mol. The quantitative estimate of drug-likeness (QED) is 0.704. The van der Waals surface area contributed by atoms with Crippen LogP contribution in [0.4, 0.5) is 0 Å². The molecule has 1 nitrogen and oxygen atoms in total. The van der Waals surface area contributed by atoms with Gasteiger partial charge in [0.2, 0.25) is 0 Å². The van der Waals surface area contributed by atoms with Gasteiger partial charge in [-0.05, 0) is 12.0 Å². The summed E-state index contributed by atoms with van der Waals surface area (Å²) in [6.07, 6.45) is 6.71. The highest BCUT2D eigenvalue weighted by atomic mass is 16.3. The lowest BCUT2D eigenvalue weighted by atomic mass is 10.0. The maximum Gasteiger partial charge on any atom is 0.0496 e. The minimum absolute atomic E-state index is 0.176. The first kappa shape index (κ1) is 10.7. The molecule has 74 valence electrons. The third kappa shape index (κ3) is 3.58. The van der Waals surface area contributed by atoms with Crippen LogP contribution >= 0.6 is 0 Å². The molecule has 0 amide bonds. The zero-order valence-corrected chi connectivity index (χ0v) is 8.26. The van der Waals surface area contributed by atoms with Crippen molar-refractivity contribution in [3.05, 3.63) is 54.6 Å². The molecule has 0 aliphatic carbocycles. The van der Waals surface area contributed by atoms with Gasteiger partial charge in [-0.15, -0.1) is 6.58 Å². The molecule has 1 unspecified atom stereocenters. The van der Waals surface area contributed by atoms with Crippen LogP contribution in [0.5, 0.6) is 0 Å². The fourth-order valence-corrected chi connectivity index (χ4v) is 1.24. The van der Waals surface area contributed by atoms with E-state index in [0.29, 0.717) is 0 Å². The van der Waals surface area contributed by atoms with Crippen molar-refractivity contribution in [3.8, 4) is 0 Å². The summed E-state index contributed by atoms with van der Waals surface area (Å²) < 4.78 is 0. The normalized spacial score (nSPS) is 12.9. The third-order valence-electron chi connectivity index (χ3n) is 2.06. The van der Waals surface area contributed by atoms with E-state index in [2.05, 4.69) is 6.58 Å². The van der Waals surface area contributed by atoms with Crippen LogP contribution in [0, 0.1) is 5.92 Å². The molecular formula is C13H16O. The minimum Gasteiger partial charge on any atom is -0.396 e. The van der Waals surface area contributed by atoms with Crippen molar-refractivity contribution >= 4 is 6.08 Å². The van der Waals surface area contributed by atoms with Crippen LogP contribution in [0.2, 0.25) is 0 Å². The second-order valence-corrected chi connectivity index (χ2v) is 3.24. The van der Waals surface area contributed by atoms with Gasteiger partial charge in [0.25, 0.3) is 0 Å². The Labute approximate surface area is 85.4 Å². The number of hydrogen-bond donors (Lipinski definition) is 1. The number of rotatable bonds is 5. The van der Waals surface area contributed by atoms with Crippen molar-refractivity contribution in [1.82, 2.24) is 0 Å². The van der Waals surface area contributed by atoms with Crippen molar-refractivity contribution in [2.45, 2.75) is 6.42 Å². The summed E-state index contributed by atoms with van der Waals surface area (Å²) in [6.45, 7) is 3.83. The van der Waals surface area contributed by atoms with E-state index in [-0.39, 0.29) is 12.5 Å². The summed E-state index contributed by atoms with van der Waals surface area (Å²) in [6, 6.07) is 10.1. The van der Waals surface area contributed by atoms with E-state index < -0.39 is 0 Å². The Morgan fingerprint density at radius 1 is 1.29 bits per heavy atom. The third-order valence-corrected chi connectivity index (χ3v) is 2.06. The standard InChI is InChI=1S/C13H16O/c1-2-6-13(11-14)10-9-12-7-4-3-5-8-12/h2-5,7-10,13-14H,1,6,11H2. The first-order valence-electron chi connectivity index (χ1n) is 4.82. The van der Waals surface area contributed by atoms with Gasteiger partial charge < -0.3 is 5.11 Å². The van der Waals surface area contributed by atoms with Gasteiger partial charge in [-0.1, -0.05) is 48.6 Å². The lowest BCUT2D eigenvalue weighted by Crippen LogP contribution is -1.99. The molecule has 0 fully saturated rings. The van der Waals surface area contributed by atoms with Gasteiger partial charge in [-0.3, -0.25) is 0 Å². The summed E-state index contributed by atoms with van der Waals surface area (Å²) in [7, 11) is 0. The van der Waals surface area contributed by atoms with E-state index in [0.717, 1.165) is 12.0 Å². The van der Waals surface area contributed by atoms with Crippen LogP contribution < -0.4 is 0 Å². The smallest absolute Gasteiger partial charge is 0.0496 e. The van der Waals surface area contributed by atoms with Gasteiger partial charge in [-0.2, -0.15) is 0 Å². The van der Waals surface area contributed by atoms with Gasteiger partial charge in [-0.25, -0.2) is 0 Å². The number of aliphatic hydroxyl groups excluding tert-OH is 1. The summed E-state index contributed by atoms with van der Waals surface area (Å²) in [5.41, 5.74) is 1.16. The van der Waals surface area contributed by atoms with Crippen molar-refractivity contribution in [1.29, 1.82) is 0 Å². The molecule has 0 aliphatic rings. The van der Waals surface area contributed by atoms with E-state index in [1.165, 1.54) is 0 Å². The Morgan fingerprint density at radius 2 is 2.00 bits per heavy atom. The summed E-state index contributed by atoms with van der Waals surface area (Å²) >= 11 is 0. The van der Waals surface area contributed by atoms with E-state index in [1.807, 2.05) is 48.6 Å². The van der Waals surface area contributed by atoms with E-state index in [1.54, 1.807) is 0 Å². The zero-order chi connectivity index (χ0) is 10.2. The Morgan fingerprint density at radius 3 is 2.57 bits per heavy atom. The number of hydrogen-bond acceptors (Lipinski definition) is 1. The van der Waals surface area contributed by atoms with E-state index >= 15 is 0 Å². The van der Waals surface area contributed by atoms with Gasteiger partial charge >= 0.3 is 0 Å². The molecule has 0 aliphatic heterocycles. The highest BCUT2D eigenvalue weighted by Gasteiger charge is 1.98. The van der Waals surface area contributed by atoms with Gasteiger partial charge in [0.15, 0.2) is 0 Å². The lowest BCUT2D eigenvalue weighted by molar-refractivity contribution is 0.254. The summed E-state index contributed by atoms with van der Waals surface area (Å²) in [4.78, 5) is 0. The van der Waals surface area contributed by atoms with Gasteiger partial charge in [0.1, 0.15) is 0 Å². The maximum atomic E-state index is 9.04. The van der Waals surface area contributed by atoms with Gasteiger partial charge in [0, 0.05) is 12.5 Å². The lowest BCUT2D eigenvalue weighted by Gasteiger charge is -2.04. The zero-order valence-electron chi connectivity index (χ0n) is 8.26. The van der Waals surface area contributed by atoms with Crippen LogP contribution in [-0.4, -0.2) is 11.7 Å². The molecule has 14 heavy (non-hydrogen) atoms. The number of benzene rings is 1. The Bertz CT molecular complexity index is 287. The first-order chi connectivity index (χ1) is 6.86. The second kappa shape index (κ2) is 6.17. The highest BCUT2D eigenvalue weighted by Crippen LogP contribution is 2.08. The predicted molar refractivity (Wildman–Crippen MR) is 60.9 cm³/mol. The van der Waals surface area contributed by atoms with Crippen molar-refractivity contribution in [3.63, 3.8) is 0 Å². The first-order valence-corrected chi connectivity index (χ1v) is 4.82. The van der Waals surface area contributed by atoms with E-state index in [9.17, 15) is 0 Å². The molecule has 1 N–H and O–H groups in total. The average Bonchev–Trinajstić information content (AvgIpc) is 2.25. The molecule has 0 aromatic heterocycles. The molecule has 1 atom stereocenters. The molecule has 0 spiro atoms. The minimum atomic E-state index is 0.176. The largest absolute Gasteiger partial charge is 0.396 e. The molecule has 0 saturated heterocycles. The second-order valence-electron chi connectivity index (χ2n) is 3.24. The Balaban J connectivity index is 2.57. The monoisotopic (exact) mass is 188 g/mol. The summed E-state index contributed by atoms with van der Waals surface area (Å²) in [5.74, 6) is 0.188. The summed E-state index contributed by atoms with van der Waals surface area (Å²) in [5, 5.41) is 9.04. The Kier molecular flexibility index (Phi) is 4.73. The number of aliphatic hydroxyl groups is 1. The fraction of sp³-hybridized carbons (Fsp3) is 0.231. The van der Waals surface area contributed by atoms with Crippen LogP contribution in [0.1, 0.15) is 12.0 Å². The molecule has 0 heterocycles. The molecule has 1 aromatic carbocycles. The highest BCUT2D eigenvalue weighted by molar-refractivity contribution is 5.48. The average molecular weight is 188 g/mol. The fourth-order valence-electron chi connectivity index (χ4n) is 1.24. The number of allylic oxidation sites excluding steroid dienone is 1. The van der Waals surface area contributed by atoms with Gasteiger partial charge in [0.05, 0.1) is 0 Å². The predicted octanol–water partition coefficient (Wildman–Crippen LogP) is 2.88. The molecule has 1 rings (SSSR count). The molecule has 1 aromatic rings. The Hall–Kier alpha value is -1.34. The van der Waals surface area contributed by atoms with E-state index in [4.69, 9.17) is 5.11 Å². The molecule has 0 radical (unpaired) electrons. The van der Waals surface area contributed by atoms with Crippen molar-refractivity contribution in [2.75, 3.05) is 6.61 Å². The van der Waals surface area contributed by atoms with Crippen molar-refractivity contribution < 1.29 is 5.11 Å². The maximum absolute atomic E-state index is 9.04. The van der Waals surface area contributed by atoms with Crippen LogP contribution in [0.15, 0.2) is 49.1 Å². The van der Waals surface area contributed by atoms with Crippen LogP contribution in [0.3, 0.4) is 0 Å². The van der Waals surface area contributed by atoms with Crippen LogP contribution in [0.25, 0.3) is 6.08 Å². The van der Waals surface area contributed by atoms with Crippen molar-refractivity contribution in [2.24, 2.45) is 5.92 Å². The van der Waals surface area contributed by atoms with Crippen LogP contribution in [-0.2, 0) is 0 Å². The molecule has 0 saturated carbocycles. The molecule has 1 heteroatoms. The SMILES string of the molecule is C=CCC(C=Cc1ccccc1)CO. The molecule has 0 bridgehead atoms.